The van der Waals surface area contributed by atoms with Crippen LogP contribution >= 0.6 is 11.6 Å². The lowest BCUT2D eigenvalue weighted by molar-refractivity contribution is 0.378. The van der Waals surface area contributed by atoms with Gasteiger partial charge in [-0.25, -0.2) is 87.8 Å². The van der Waals surface area contributed by atoms with E-state index in [1.165, 1.54) is 0 Å². The molecule has 0 bridgehead atoms. The van der Waals surface area contributed by atoms with Crippen molar-refractivity contribution >= 4 is 61.5 Å². The molecule has 6 aromatic carbocycles. The molecule has 0 atom stereocenters. The third-order valence-electron chi connectivity index (χ3n) is 8.79. The Morgan fingerprint density at radius 3 is 0.883 bits per heavy atom. The summed E-state index contributed by atoms with van der Waals surface area (Å²) in [6.07, 6.45) is -3.17. The summed E-state index contributed by atoms with van der Waals surface area (Å²) in [5.41, 5.74) is -14.3. The summed E-state index contributed by atoms with van der Waals surface area (Å²) in [5.74, 6) is -70.6. The second-order valence-corrected chi connectivity index (χ2v) is 14.3. The first-order valence-electron chi connectivity index (χ1n) is 15.5. The Balaban J connectivity index is 0.000000379. The highest BCUT2D eigenvalue weighted by Gasteiger charge is 2.52. The summed E-state index contributed by atoms with van der Waals surface area (Å²) < 4.78 is 300. The molecule has 0 spiro atoms. The Morgan fingerprint density at radius 1 is 0.367 bits per heavy atom. The lowest BCUT2D eigenvalue weighted by Gasteiger charge is -2.44. The fourth-order valence-electron chi connectivity index (χ4n) is 6.34. The summed E-state index contributed by atoms with van der Waals surface area (Å²) in [7, 11) is 0. The highest BCUT2D eigenvalue weighted by atomic mass is 35.5. The molecule has 1 nitrogen and oxygen atoms in total. The monoisotopic (exact) mass is 918 g/mol. The Kier molecular flexibility index (Phi) is 12.7. The molecule has 0 saturated heterocycles. The van der Waals surface area contributed by atoms with Gasteiger partial charge in [0.05, 0.1) is 5.02 Å². The van der Waals surface area contributed by atoms with Gasteiger partial charge in [-0.2, -0.15) is 0 Å². The van der Waals surface area contributed by atoms with E-state index in [1.807, 2.05) is 42.8 Å². The van der Waals surface area contributed by atoms with Crippen molar-refractivity contribution in [2.24, 2.45) is 0 Å². The number of hydrogen-bond acceptors (Lipinski definition) is 1. The lowest BCUT2D eigenvalue weighted by Crippen LogP contribution is -2.81. The molecule has 318 valence electrons. The molecular weight excluding hydrogens is 907 g/mol. The standard InChI is InChI=1S/C24BF20.C12H12ClOS/c26-5-1(6(27)14(35)21(42)13(5)34)25(2-7(28)15(36)22(43)16(37)8(2)29,3-9(30)17(38)23(44)18(39)10(3)31)4-11(32)19(40)24(45)20(41)12(4)33;1-15(2)14-12-10-6-4-3-5-9(10)7-8-11(12)13/h;3-8H,1-2H3/q-1;+1. The van der Waals surface area contributed by atoms with Gasteiger partial charge in [0.25, 0.3) is 0 Å². The molecule has 0 aliphatic carbocycles. The molecule has 0 N–H and O–H groups in total. The van der Waals surface area contributed by atoms with Gasteiger partial charge >= 0.3 is 0 Å². The number of fused-ring (bicyclic) bond motifs is 1. The van der Waals surface area contributed by atoms with Crippen molar-refractivity contribution in [1.82, 2.24) is 0 Å². The van der Waals surface area contributed by atoms with Crippen LogP contribution in [0.5, 0.6) is 5.75 Å². The van der Waals surface area contributed by atoms with Gasteiger partial charge in [-0.3, -0.25) is 4.18 Å². The maximum Gasteiger partial charge on any atom is 0.213 e. The van der Waals surface area contributed by atoms with Crippen molar-refractivity contribution in [2.45, 2.75) is 0 Å². The second kappa shape index (κ2) is 16.6. The number of benzene rings is 6. The van der Waals surface area contributed by atoms with Crippen LogP contribution in [0.15, 0.2) is 36.4 Å². The van der Waals surface area contributed by atoms with Crippen LogP contribution < -0.4 is 26.0 Å². The molecule has 24 heteroatoms. The van der Waals surface area contributed by atoms with Crippen LogP contribution in [0, 0.1) is 116 Å². The molecule has 0 saturated carbocycles. The fraction of sp³-hybridized carbons (Fsp3) is 0.0556. The van der Waals surface area contributed by atoms with E-state index in [2.05, 4.69) is 6.07 Å². The number of halogens is 21. The van der Waals surface area contributed by atoms with E-state index >= 15 is 35.1 Å². The SMILES string of the molecule is C[S+](C)Oc1c(Cl)ccc2ccccc12.Fc1c(F)c(F)c([B-](c2c(F)c(F)c(F)c(F)c2F)(c2c(F)c(F)c(F)c(F)c2F)c2c(F)c(F)c(F)c(F)c2F)c(F)c1F. The second-order valence-electron chi connectivity index (χ2n) is 12.2. The molecule has 6 rings (SSSR count). The van der Waals surface area contributed by atoms with Gasteiger partial charge in [0.2, 0.25) is 5.75 Å². The van der Waals surface area contributed by atoms with Crippen LogP contribution in [0.2, 0.25) is 5.02 Å². The van der Waals surface area contributed by atoms with Gasteiger partial charge in [0, 0.05) is 5.39 Å². The largest absolute Gasteiger partial charge is 0.284 e. The molecule has 0 heterocycles. The highest BCUT2D eigenvalue weighted by Crippen LogP contribution is 2.35. The van der Waals surface area contributed by atoms with E-state index in [0.29, 0.717) is 5.02 Å². The van der Waals surface area contributed by atoms with E-state index in [9.17, 15) is 52.7 Å². The van der Waals surface area contributed by atoms with Gasteiger partial charge in [0.15, 0.2) is 81.0 Å². The minimum atomic E-state index is -7.22. The summed E-state index contributed by atoms with van der Waals surface area (Å²) in [5, 5.41) is 2.91. The molecule has 0 aliphatic heterocycles. The first-order valence-corrected chi connectivity index (χ1v) is 17.9. The average molecular weight is 919 g/mol. The molecule has 0 aromatic heterocycles. The zero-order valence-electron chi connectivity index (χ0n) is 28.8. The van der Waals surface area contributed by atoms with E-state index in [4.69, 9.17) is 15.8 Å². The van der Waals surface area contributed by atoms with Crippen LogP contribution in [0.1, 0.15) is 0 Å². The number of hydrogen-bond donors (Lipinski definition) is 0. The maximum absolute atomic E-state index is 15.4. The molecule has 0 radical (unpaired) electrons. The Hall–Kier alpha value is -5.32. The molecule has 0 amide bonds. The van der Waals surface area contributed by atoms with Crippen molar-refractivity contribution in [2.75, 3.05) is 12.5 Å². The van der Waals surface area contributed by atoms with E-state index < -0.39 is 144 Å². The third kappa shape index (κ3) is 6.91. The number of rotatable bonds is 6. The third-order valence-corrected chi connectivity index (χ3v) is 9.59. The zero-order chi connectivity index (χ0) is 45.2. The predicted molar refractivity (Wildman–Crippen MR) is 178 cm³/mol. The van der Waals surface area contributed by atoms with Crippen LogP contribution in [0.4, 0.5) is 87.8 Å². The van der Waals surface area contributed by atoms with Gasteiger partial charge in [0.1, 0.15) is 65.2 Å². The molecule has 0 aliphatic rings. The summed E-state index contributed by atoms with van der Waals surface area (Å²) >= 11 is 6.01. The minimum absolute atomic E-state index is 0.117. The molecule has 60 heavy (non-hydrogen) atoms. The summed E-state index contributed by atoms with van der Waals surface area (Å²) in [6, 6.07) is 12.0. The van der Waals surface area contributed by atoms with Crippen LogP contribution in [-0.4, -0.2) is 18.7 Å². The molecule has 6 aromatic rings. The zero-order valence-corrected chi connectivity index (χ0v) is 30.4. The van der Waals surface area contributed by atoms with E-state index in [-0.39, 0.29) is 11.2 Å². The van der Waals surface area contributed by atoms with Gasteiger partial charge < -0.3 is 0 Å². The normalized spacial score (nSPS) is 11.7. The van der Waals surface area contributed by atoms with Crippen molar-refractivity contribution in [1.29, 1.82) is 0 Å². The van der Waals surface area contributed by atoms with Crippen molar-refractivity contribution < 1.29 is 92.0 Å². The van der Waals surface area contributed by atoms with Crippen molar-refractivity contribution in [3.8, 4) is 5.75 Å². The van der Waals surface area contributed by atoms with Crippen LogP contribution in [0.25, 0.3) is 10.8 Å². The Bertz CT molecular complexity index is 2370. The summed E-state index contributed by atoms with van der Waals surface area (Å²) in [6.45, 7) is 0. The van der Waals surface area contributed by atoms with Crippen molar-refractivity contribution in [3.63, 3.8) is 0 Å². The van der Waals surface area contributed by atoms with Crippen LogP contribution in [-0.2, 0) is 11.2 Å². The maximum atomic E-state index is 15.4. The van der Waals surface area contributed by atoms with E-state index in [0.717, 1.165) is 16.5 Å². The smallest absolute Gasteiger partial charge is 0.213 e. The topological polar surface area (TPSA) is 9.23 Å². The van der Waals surface area contributed by atoms with Gasteiger partial charge in [-0.05, 0) is 11.5 Å². The highest BCUT2D eigenvalue weighted by molar-refractivity contribution is 7.91. The molecule has 0 unspecified atom stereocenters. The van der Waals surface area contributed by atoms with Crippen LogP contribution in [0.3, 0.4) is 0 Å². The fourth-order valence-corrected chi connectivity index (χ4v) is 7.10. The molecule has 0 fully saturated rings. The first-order chi connectivity index (χ1) is 27.9. The van der Waals surface area contributed by atoms with Crippen molar-refractivity contribution in [3.05, 3.63) is 158 Å². The lowest BCUT2D eigenvalue weighted by atomic mass is 9.12. The first kappa shape index (κ1) is 45.8. The van der Waals surface area contributed by atoms with E-state index in [1.54, 1.807) is 0 Å². The minimum Gasteiger partial charge on any atom is -0.284 e. The molecular formula is C36H12BClF20OS. The Labute approximate surface area is 329 Å². The average Bonchev–Trinajstić information content (AvgIpc) is 3.21. The summed E-state index contributed by atoms with van der Waals surface area (Å²) in [4.78, 5) is 0. The van der Waals surface area contributed by atoms with Gasteiger partial charge in [-0.1, -0.05) is 41.9 Å². The Morgan fingerprint density at radius 2 is 0.617 bits per heavy atom. The quantitative estimate of drug-likeness (QED) is 0.0533. The van der Waals surface area contributed by atoms with Gasteiger partial charge in [-0.15, -0.1) is 21.9 Å². The predicted octanol–water partition coefficient (Wildman–Crippen LogP) is 9.51.